The molecule has 0 unspecified atom stereocenters. The van der Waals surface area contributed by atoms with Gasteiger partial charge in [-0.2, -0.15) is 5.48 Å². The molecule has 13 heavy (non-hydrogen) atoms. The zero-order valence-electron chi connectivity index (χ0n) is 7.09. The van der Waals surface area contributed by atoms with Crippen LogP contribution < -0.4 is 5.48 Å². The van der Waals surface area contributed by atoms with E-state index in [2.05, 4.69) is 11.4 Å². The summed E-state index contributed by atoms with van der Waals surface area (Å²) in [5.74, 6) is 2.04. The van der Waals surface area contributed by atoms with Gasteiger partial charge in [-0.25, -0.2) is 4.39 Å². The lowest BCUT2D eigenvalue weighted by Crippen LogP contribution is -2.14. The number of hydroxylamine groups is 1. The van der Waals surface area contributed by atoms with Crippen LogP contribution in [0.3, 0.4) is 0 Å². The van der Waals surface area contributed by atoms with Gasteiger partial charge in [0.1, 0.15) is 12.4 Å². The maximum Gasteiger partial charge on any atom is 0.128 e. The standard InChI is InChI=1S/C10H10FNO/c1-2-7-13-12-8-9-5-3-4-6-10(9)11/h1,3-6,12H,7-8H2. The molecule has 0 spiro atoms. The lowest BCUT2D eigenvalue weighted by Gasteiger charge is -2.03. The van der Waals surface area contributed by atoms with Crippen LogP contribution >= 0.6 is 0 Å². The van der Waals surface area contributed by atoms with Gasteiger partial charge >= 0.3 is 0 Å². The third-order valence-corrected chi connectivity index (χ3v) is 1.48. The Labute approximate surface area is 76.7 Å². The van der Waals surface area contributed by atoms with Crippen LogP contribution in [0, 0.1) is 18.2 Å². The molecule has 68 valence electrons. The Morgan fingerprint density at radius 3 is 2.92 bits per heavy atom. The predicted octanol–water partition coefficient (Wildman–Crippen LogP) is 1.48. The minimum Gasteiger partial charge on any atom is -0.289 e. The summed E-state index contributed by atoms with van der Waals surface area (Å²) in [6, 6.07) is 6.49. The Balaban J connectivity index is 2.37. The van der Waals surface area contributed by atoms with Crippen molar-refractivity contribution in [2.24, 2.45) is 0 Å². The Hall–Kier alpha value is -1.37. The first-order valence-electron chi connectivity index (χ1n) is 3.86. The van der Waals surface area contributed by atoms with Crippen molar-refractivity contribution in [3.05, 3.63) is 35.6 Å². The fourth-order valence-corrected chi connectivity index (χ4v) is 0.863. The quantitative estimate of drug-likeness (QED) is 0.429. The fourth-order valence-electron chi connectivity index (χ4n) is 0.863. The molecule has 1 rings (SSSR count). The van der Waals surface area contributed by atoms with Gasteiger partial charge < -0.3 is 0 Å². The zero-order chi connectivity index (χ0) is 9.52. The Morgan fingerprint density at radius 1 is 1.46 bits per heavy atom. The molecule has 0 amide bonds. The molecule has 0 saturated carbocycles. The normalized spacial score (nSPS) is 9.54. The molecular formula is C10H10FNO. The molecule has 1 N–H and O–H groups in total. The third-order valence-electron chi connectivity index (χ3n) is 1.48. The van der Waals surface area contributed by atoms with Gasteiger partial charge in [-0.3, -0.25) is 4.84 Å². The summed E-state index contributed by atoms with van der Waals surface area (Å²) in [5, 5.41) is 0. The molecule has 0 aliphatic carbocycles. The number of benzene rings is 1. The van der Waals surface area contributed by atoms with Crippen molar-refractivity contribution in [2.45, 2.75) is 6.54 Å². The highest BCUT2D eigenvalue weighted by atomic mass is 19.1. The van der Waals surface area contributed by atoms with Gasteiger partial charge in [0.2, 0.25) is 0 Å². The van der Waals surface area contributed by atoms with Crippen LogP contribution in [0.15, 0.2) is 24.3 Å². The van der Waals surface area contributed by atoms with Crippen LogP contribution in [0.25, 0.3) is 0 Å². The van der Waals surface area contributed by atoms with Crippen molar-refractivity contribution in [1.29, 1.82) is 0 Å². The van der Waals surface area contributed by atoms with Gasteiger partial charge in [0.15, 0.2) is 0 Å². The summed E-state index contributed by atoms with van der Waals surface area (Å²) in [6.45, 7) is 0.489. The molecular weight excluding hydrogens is 169 g/mol. The SMILES string of the molecule is C#CCONCc1ccccc1F. The van der Waals surface area contributed by atoms with Crippen molar-refractivity contribution in [3.63, 3.8) is 0 Å². The first-order valence-corrected chi connectivity index (χ1v) is 3.86. The minimum absolute atomic E-state index is 0.175. The largest absolute Gasteiger partial charge is 0.289 e. The van der Waals surface area contributed by atoms with Gasteiger partial charge in [0, 0.05) is 12.1 Å². The van der Waals surface area contributed by atoms with Crippen molar-refractivity contribution >= 4 is 0 Å². The molecule has 1 aromatic rings. The van der Waals surface area contributed by atoms with E-state index in [4.69, 9.17) is 11.3 Å². The molecule has 0 aromatic heterocycles. The lowest BCUT2D eigenvalue weighted by atomic mass is 10.2. The molecule has 0 radical (unpaired) electrons. The minimum atomic E-state index is -0.251. The van der Waals surface area contributed by atoms with Crippen LogP contribution in [-0.2, 0) is 11.4 Å². The topological polar surface area (TPSA) is 21.3 Å². The first-order chi connectivity index (χ1) is 6.34. The van der Waals surface area contributed by atoms with Crippen molar-refractivity contribution in [1.82, 2.24) is 5.48 Å². The van der Waals surface area contributed by atoms with Crippen LogP contribution in [0.1, 0.15) is 5.56 Å². The number of terminal acetylenes is 1. The molecule has 0 fully saturated rings. The molecule has 0 aliphatic heterocycles. The monoisotopic (exact) mass is 179 g/mol. The fraction of sp³-hybridized carbons (Fsp3) is 0.200. The Kier molecular flexibility index (Phi) is 3.97. The zero-order valence-corrected chi connectivity index (χ0v) is 7.09. The number of nitrogens with one attached hydrogen (secondary N) is 1. The van der Waals surface area contributed by atoms with E-state index in [0.717, 1.165) is 0 Å². The van der Waals surface area contributed by atoms with E-state index in [0.29, 0.717) is 12.1 Å². The Bertz CT molecular complexity index is 306. The smallest absolute Gasteiger partial charge is 0.128 e. The average molecular weight is 179 g/mol. The lowest BCUT2D eigenvalue weighted by molar-refractivity contribution is 0.0608. The highest BCUT2D eigenvalue weighted by Crippen LogP contribution is 2.04. The van der Waals surface area contributed by atoms with E-state index in [9.17, 15) is 4.39 Å². The van der Waals surface area contributed by atoms with Crippen LogP contribution in [-0.4, -0.2) is 6.61 Å². The molecule has 0 aliphatic rings. The van der Waals surface area contributed by atoms with Crippen LogP contribution in [0.2, 0.25) is 0 Å². The molecule has 0 saturated heterocycles. The first kappa shape index (κ1) is 9.72. The van der Waals surface area contributed by atoms with E-state index < -0.39 is 0 Å². The van der Waals surface area contributed by atoms with Gasteiger partial charge in [-0.05, 0) is 6.07 Å². The summed E-state index contributed by atoms with van der Waals surface area (Å²) in [5.41, 5.74) is 3.12. The molecule has 1 aromatic carbocycles. The maximum atomic E-state index is 13.0. The molecule has 0 bridgehead atoms. The highest BCUT2D eigenvalue weighted by molar-refractivity contribution is 5.16. The van der Waals surface area contributed by atoms with Gasteiger partial charge in [-0.15, -0.1) is 6.42 Å². The number of hydrogen-bond donors (Lipinski definition) is 1. The van der Waals surface area contributed by atoms with Crippen LogP contribution in [0.5, 0.6) is 0 Å². The van der Waals surface area contributed by atoms with Gasteiger partial charge in [0.25, 0.3) is 0 Å². The van der Waals surface area contributed by atoms with E-state index in [1.807, 2.05) is 0 Å². The van der Waals surface area contributed by atoms with Gasteiger partial charge in [-0.1, -0.05) is 24.1 Å². The highest BCUT2D eigenvalue weighted by Gasteiger charge is 1.98. The summed E-state index contributed by atoms with van der Waals surface area (Å²) < 4.78 is 13.0. The number of rotatable bonds is 4. The number of halogens is 1. The summed E-state index contributed by atoms with van der Waals surface area (Å²) in [4.78, 5) is 4.79. The second-order valence-corrected chi connectivity index (χ2v) is 2.41. The summed E-state index contributed by atoms with van der Waals surface area (Å²) >= 11 is 0. The van der Waals surface area contributed by atoms with E-state index in [1.165, 1.54) is 6.07 Å². The van der Waals surface area contributed by atoms with E-state index in [-0.39, 0.29) is 12.4 Å². The van der Waals surface area contributed by atoms with Crippen molar-refractivity contribution < 1.29 is 9.23 Å². The third kappa shape index (κ3) is 3.24. The second-order valence-electron chi connectivity index (χ2n) is 2.41. The van der Waals surface area contributed by atoms with Crippen LogP contribution in [0.4, 0.5) is 4.39 Å². The number of hydrogen-bond acceptors (Lipinski definition) is 2. The van der Waals surface area contributed by atoms with Crippen molar-refractivity contribution in [2.75, 3.05) is 6.61 Å². The summed E-state index contributed by atoms with van der Waals surface area (Å²) in [7, 11) is 0. The molecule has 0 heterocycles. The molecule has 3 heteroatoms. The van der Waals surface area contributed by atoms with Crippen molar-refractivity contribution in [3.8, 4) is 12.3 Å². The maximum absolute atomic E-state index is 13.0. The van der Waals surface area contributed by atoms with E-state index in [1.54, 1.807) is 18.2 Å². The Morgan fingerprint density at radius 2 is 2.23 bits per heavy atom. The average Bonchev–Trinajstić information content (AvgIpc) is 2.15. The second kappa shape index (κ2) is 5.31. The van der Waals surface area contributed by atoms with E-state index >= 15 is 0 Å². The summed E-state index contributed by atoms with van der Waals surface area (Å²) in [6.07, 6.45) is 4.95. The molecule has 0 atom stereocenters. The molecule has 2 nitrogen and oxygen atoms in total. The predicted molar refractivity (Wildman–Crippen MR) is 48.0 cm³/mol. The van der Waals surface area contributed by atoms with Gasteiger partial charge in [0.05, 0.1) is 0 Å².